The maximum atomic E-state index is 5.91. The molecule has 1 aromatic carbocycles. The summed E-state index contributed by atoms with van der Waals surface area (Å²) in [6, 6.07) is 8.08. The van der Waals surface area contributed by atoms with Crippen molar-refractivity contribution in [1.82, 2.24) is 5.32 Å². The highest BCUT2D eigenvalue weighted by Gasteiger charge is 2.27. The molecule has 1 saturated carbocycles. The van der Waals surface area contributed by atoms with Crippen molar-refractivity contribution in [2.75, 3.05) is 7.05 Å². The summed E-state index contributed by atoms with van der Waals surface area (Å²) < 4.78 is 5.91. The van der Waals surface area contributed by atoms with E-state index in [1.807, 2.05) is 31.3 Å². The van der Waals surface area contributed by atoms with E-state index in [0.29, 0.717) is 6.04 Å². The monoisotopic (exact) mass is 225 g/mol. The van der Waals surface area contributed by atoms with Gasteiger partial charge in [0, 0.05) is 11.1 Å². The van der Waals surface area contributed by atoms with Crippen LogP contribution in [-0.2, 0) is 0 Å². The minimum atomic E-state index is 0.286. The van der Waals surface area contributed by atoms with Crippen molar-refractivity contribution < 1.29 is 4.74 Å². The van der Waals surface area contributed by atoms with Crippen LogP contribution in [0.1, 0.15) is 19.3 Å². The van der Waals surface area contributed by atoms with Gasteiger partial charge in [0.05, 0.1) is 0 Å². The molecule has 1 aromatic rings. The Morgan fingerprint density at radius 3 is 3.00 bits per heavy atom. The molecular weight excluding hydrogens is 210 g/mol. The van der Waals surface area contributed by atoms with Crippen molar-refractivity contribution in [2.24, 2.45) is 0 Å². The Morgan fingerprint density at radius 2 is 2.27 bits per heavy atom. The van der Waals surface area contributed by atoms with E-state index < -0.39 is 0 Å². The van der Waals surface area contributed by atoms with Crippen LogP contribution in [0, 0.1) is 0 Å². The highest BCUT2D eigenvalue weighted by Crippen LogP contribution is 2.25. The van der Waals surface area contributed by atoms with Crippen LogP contribution in [-0.4, -0.2) is 19.2 Å². The lowest BCUT2D eigenvalue weighted by Gasteiger charge is -2.20. The minimum Gasteiger partial charge on any atom is -0.489 e. The summed E-state index contributed by atoms with van der Waals surface area (Å²) >= 11 is 5.90. The van der Waals surface area contributed by atoms with Gasteiger partial charge in [0.2, 0.25) is 0 Å². The molecule has 2 unspecified atom stereocenters. The standard InChI is InChI=1S/C12H16ClNO/c1-14-11-6-3-7-12(11)15-10-5-2-4-9(13)8-10/h2,4-5,8,11-12,14H,3,6-7H2,1H3. The number of hydrogen-bond donors (Lipinski definition) is 1. The van der Waals surface area contributed by atoms with Crippen LogP contribution in [0.5, 0.6) is 5.75 Å². The quantitative estimate of drug-likeness (QED) is 0.854. The zero-order valence-electron chi connectivity index (χ0n) is 8.87. The van der Waals surface area contributed by atoms with E-state index in [0.717, 1.165) is 17.2 Å². The summed E-state index contributed by atoms with van der Waals surface area (Å²) in [4.78, 5) is 0. The van der Waals surface area contributed by atoms with Gasteiger partial charge in [-0.1, -0.05) is 17.7 Å². The van der Waals surface area contributed by atoms with Gasteiger partial charge in [-0.05, 0) is 44.5 Å². The third kappa shape index (κ3) is 2.64. The second-order valence-corrected chi connectivity index (χ2v) is 4.38. The predicted molar refractivity (Wildman–Crippen MR) is 62.6 cm³/mol. The summed E-state index contributed by atoms with van der Waals surface area (Å²) in [5.41, 5.74) is 0. The third-order valence-corrected chi connectivity index (χ3v) is 3.14. The first-order chi connectivity index (χ1) is 7.29. The largest absolute Gasteiger partial charge is 0.489 e. The Balaban J connectivity index is 2.02. The lowest BCUT2D eigenvalue weighted by molar-refractivity contribution is 0.179. The number of hydrogen-bond acceptors (Lipinski definition) is 2. The van der Waals surface area contributed by atoms with E-state index in [1.54, 1.807) is 0 Å². The van der Waals surface area contributed by atoms with Gasteiger partial charge < -0.3 is 10.1 Å². The molecule has 0 amide bonds. The average molecular weight is 226 g/mol. The van der Waals surface area contributed by atoms with Crippen molar-refractivity contribution in [2.45, 2.75) is 31.4 Å². The van der Waals surface area contributed by atoms with Crippen LogP contribution in [0.25, 0.3) is 0 Å². The molecule has 0 aromatic heterocycles. The molecule has 15 heavy (non-hydrogen) atoms. The molecule has 2 nitrogen and oxygen atoms in total. The molecule has 0 radical (unpaired) electrons. The second kappa shape index (κ2) is 4.86. The molecule has 2 atom stereocenters. The molecule has 82 valence electrons. The topological polar surface area (TPSA) is 21.3 Å². The van der Waals surface area contributed by atoms with Crippen LogP contribution in [0.2, 0.25) is 5.02 Å². The SMILES string of the molecule is CNC1CCCC1Oc1cccc(Cl)c1. The van der Waals surface area contributed by atoms with Crippen LogP contribution in [0.15, 0.2) is 24.3 Å². The number of nitrogens with one attached hydrogen (secondary N) is 1. The first-order valence-corrected chi connectivity index (χ1v) is 5.77. The smallest absolute Gasteiger partial charge is 0.121 e. The molecule has 0 aliphatic heterocycles. The average Bonchev–Trinajstić information content (AvgIpc) is 2.65. The third-order valence-electron chi connectivity index (χ3n) is 2.91. The molecular formula is C12H16ClNO. The van der Waals surface area contributed by atoms with Crippen LogP contribution >= 0.6 is 11.6 Å². The van der Waals surface area contributed by atoms with Crippen molar-refractivity contribution in [3.63, 3.8) is 0 Å². The maximum Gasteiger partial charge on any atom is 0.121 e. The highest BCUT2D eigenvalue weighted by molar-refractivity contribution is 6.30. The summed E-state index contributed by atoms with van der Waals surface area (Å²) in [6.45, 7) is 0. The van der Waals surface area contributed by atoms with Gasteiger partial charge in [0.25, 0.3) is 0 Å². The Bertz CT molecular complexity index is 329. The molecule has 3 heteroatoms. The van der Waals surface area contributed by atoms with E-state index >= 15 is 0 Å². The van der Waals surface area contributed by atoms with Crippen LogP contribution < -0.4 is 10.1 Å². The summed E-state index contributed by atoms with van der Waals surface area (Å²) in [6.07, 6.45) is 3.84. The molecule has 2 rings (SSSR count). The molecule has 0 bridgehead atoms. The first-order valence-electron chi connectivity index (χ1n) is 5.39. The van der Waals surface area contributed by atoms with Gasteiger partial charge in [-0.3, -0.25) is 0 Å². The van der Waals surface area contributed by atoms with E-state index in [4.69, 9.17) is 16.3 Å². The number of benzene rings is 1. The summed E-state index contributed by atoms with van der Waals surface area (Å²) in [7, 11) is 1.99. The lowest BCUT2D eigenvalue weighted by Crippen LogP contribution is -2.36. The van der Waals surface area contributed by atoms with Gasteiger partial charge in [0.1, 0.15) is 11.9 Å². The van der Waals surface area contributed by atoms with Crippen molar-refractivity contribution >= 4 is 11.6 Å². The fourth-order valence-electron chi connectivity index (χ4n) is 2.11. The van der Waals surface area contributed by atoms with Gasteiger partial charge in [-0.25, -0.2) is 0 Å². The fraction of sp³-hybridized carbons (Fsp3) is 0.500. The fourth-order valence-corrected chi connectivity index (χ4v) is 2.29. The van der Waals surface area contributed by atoms with Gasteiger partial charge in [0.15, 0.2) is 0 Å². The molecule has 1 aliphatic carbocycles. The molecule has 1 aliphatic rings. The van der Waals surface area contributed by atoms with E-state index in [9.17, 15) is 0 Å². The number of rotatable bonds is 3. The number of halogens is 1. The number of likely N-dealkylation sites (N-methyl/N-ethyl adjacent to an activating group) is 1. The molecule has 0 spiro atoms. The highest BCUT2D eigenvalue weighted by atomic mass is 35.5. The Morgan fingerprint density at radius 1 is 1.40 bits per heavy atom. The van der Waals surface area contributed by atoms with E-state index in [1.165, 1.54) is 12.8 Å². The predicted octanol–water partition coefficient (Wildman–Crippen LogP) is 2.86. The van der Waals surface area contributed by atoms with Gasteiger partial charge in [-0.15, -0.1) is 0 Å². The Labute approximate surface area is 95.6 Å². The zero-order chi connectivity index (χ0) is 10.7. The summed E-state index contributed by atoms with van der Waals surface area (Å²) in [5, 5.41) is 4.02. The van der Waals surface area contributed by atoms with Crippen LogP contribution in [0.4, 0.5) is 0 Å². The Hall–Kier alpha value is -0.730. The van der Waals surface area contributed by atoms with E-state index in [-0.39, 0.29) is 6.10 Å². The number of ether oxygens (including phenoxy) is 1. The van der Waals surface area contributed by atoms with Crippen molar-refractivity contribution in [3.8, 4) is 5.75 Å². The van der Waals surface area contributed by atoms with Gasteiger partial charge >= 0.3 is 0 Å². The van der Waals surface area contributed by atoms with Crippen molar-refractivity contribution in [3.05, 3.63) is 29.3 Å². The molecule has 0 heterocycles. The molecule has 0 saturated heterocycles. The van der Waals surface area contributed by atoms with Crippen molar-refractivity contribution in [1.29, 1.82) is 0 Å². The lowest BCUT2D eigenvalue weighted by atomic mass is 10.2. The zero-order valence-corrected chi connectivity index (χ0v) is 9.63. The molecule has 1 N–H and O–H groups in total. The van der Waals surface area contributed by atoms with E-state index in [2.05, 4.69) is 5.32 Å². The second-order valence-electron chi connectivity index (χ2n) is 3.94. The minimum absolute atomic E-state index is 0.286. The normalized spacial score (nSPS) is 25.5. The molecule has 1 fully saturated rings. The maximum absolute atomic E-state index is 5.91. The Kier molecular flexibility index (Phi) is 3.49. The van der Waals surface area contributed by atoms with Gasteiger partial charge in [-0.2, -0.15) is 0 Å². The summed E-state index contributed by atoms with van der Waals surface area (Å²) in [5.74, 6) is 0.870. The first kappa shape index (κ1) is 10.8. The van der Waals surface area contributed by atoms with Crippen LogP contribution in [0.3, 0.4) is 0 Å².